The van der Waals surface area contributed by atoms with Crippen LogP contribution in [0.25, 0.3) is 10.8 Å². The maximum Gasteiger partial charge on any atom is 0.312 e. The summed E-state index contributed by atoms with van der Waals surface area (Å²) >= 11 is 6.64. The Bertz CT molecular complexity index is 1120. The van der Waals surface area contributed by atoms with Gasteiger partial charge in [-0.2, -0.15) is 5.10 Å². The van der Waals surface area contributed by atoms with Crippen molar-refractivity contribution < 1.29 is 14.8 Å². The average molecular weight is 507 g/mol. The summed E-state index contributed by atoms with van der Waals surface area (Å²) in [5, 5.41) is 26.7. The Hall–Kier alpha value is -2.78. The molecule has 0 aliphatic rings. The Morgan fingerprint density at radius 1 is 1.18 bits per heavy atom. The number of amides is 1. The standard InChI is InChI=1S/C19H13Br2N3O4/c20-13-7-12(19(26)17(9-13)24(27)28)10-22-23-18(25)8-11-5-6-16(21)15-4-2-1-3-14(11)15/h1-7,9-10,26H,8H2,(H,23,25)/b22-10+. The lowest BCUT2D eigenvalue weighted by molar-refractivity contribution is -0.385. The number of fused-ring (bicyclic) bond motifs is 1. The maximum absolute atomic E-state index is 12.2. The van der Waals surface area contributed by atoms with E-state index in [2.05, 4.69) is 42.4 Å². The number of halogens is 2. The highest BCUT2D eigenvalue weighted by Crippen LogP contribution is 2.32. The fourth-order valence-electron chi connectivity index (χ4n) is 2.71. The van der Waals surface area contributed by atoms with Crippen molar-refractivity contribution in [1.82, 2.24) is 5.43 Å². The molecule has 7 nitrogen and oxygen atoms in total. The number of nitro benzene ring substituents is 1. The van der Waals surface area contributed by atoms with Gasteiger partial charge in [0.2, 0.25) is 11.7 Å². The van der Waals surface area contributed by atoms with Crippen LogP contribution >= 0.6 is 31.9 Å². The molecule has 3 rings (SSSR count). The molecule has 0 fully saturated rings. The molecule has 3 aromatic carbocycles. The molecule has 0 unspecified atom stereocenters. The lowest BCUT2D eigenvalue weighted by Gasteiger charge is -2.07. The van der Waals surface area contributed by atoms with Gasteiger partial charge in [0.15, 0.2) is 0 Å². The van der Waals surface area contributed by atoms with Crippen LogP contribution in [0.3, 0.4) is 0 Å². The number of nitrogens with zero attached hydrogens (tertiary/aromatic N) is 2. The number of phenols is 1. The summed E-state index contributed by atoms with van der Waals surface area (Å²) in [6.45, 7) is 0. The molecule has 2 N–H and O–H groups in total. The zero-order valence-electron chi connectivity index (χ0n) is 14.2. The minimum Gasteiger partial charge on any atom is -0.502 e. The van der Waals surface area contributed by atoms with Gasteiger partial charge in [-0.05, 0) is 28.5 Å². The van der Waals surface area contributed by atoms with Crippen LogP contribution in [0.4, 0.5) is 5.69 Å². The Balaban J connectivity index is 1.75. The Morgan fingerprint density at radius 3 is 2.61 bits per heavy atom. The van der Waals surface area contributed by atoms with Crippen LogP contribution in [0.15, 0.2) is 62.6 Å². The first-order valence-electron chi connectivity index (χ1n) is 8.01. The van der Waals surface area contributed by atoms with Crippen molar-refractivity contribution in [2.24, 2.45) is 5.10 Å². The van der Waals surface area contributed by atoms with Crippen molar-refractivity contribution in [3.63, 3.8) is 0 Å². The van der Waals surface area contributed by atoms with Crippen molar-refractivity contribution in [1.29, 1.82) is 0 Å². The molecule has 3 aromatic rings. The van der Waals surface area contributed by atoms with E-state index in [4.69, 9.17) is 0 Å². The third kappa shape index (κ3) is 4.37. The Labute approximate surface area is 176 Å². The highest BCUT2D eigenvalue weighted by Gasteiger charge is 2.17. The Morgan fingerprint density at radius 2 is 1.89 bits per heavy atom. The van der Waals surface area contributed by atoms with Gasteiger partial charge in [0.25, 0.3) is 0 Å². The Kier molecular flexibility index (Phi) is 6.05. The maximum atomic E-state index is 12.2. The predicted octanol–water partition coefficient (Wildman–Crippen LogP) is 4.67. The molecule has 0 aliphatic carbocycles. The van der Waals surface area contributed by atoms with Gasteiger partial charge in [-0.3, -0.25) is 14.9 Å². The molecule has 0 aromatic heterocycles. The van der Waals surface area contributed by atoms with Crippen molar-refractivity contribution in [3.8, 4) is 5.75 Å². The van der Waals surface area contributed by atoms with Gasteiger partial charge in [-0.25, -0.2) is 5.43 Å². The molecule has 9 heteroatoms. The smallest absolute Gasteiger partial charge is 0.312 e. The number of hydrazone groups is 1. The van der Waals surface area contributed by atoms with Gasteiger partial charge in [0, 0.05) is 20.6 Å². The first kappa shape index (κ1) is 20.0. The molecule has 0 aliphatic heterocycles. The number of nitro groups is 1. The van der Waals surface area contributed by atoms with Crippen LogP contribution in [0.5, 0.6) is 5.75 Å². The monoisotopic (exact) mass is 505 g/mol. The lowest BCUT2D eigenvalue weighted by atomic mass is 10.0. The molecule has 0 spiro atoms. The van der Waals surface area contributed by atoms with Crippen molar-refractivity contribution in [2.75, 3.05) is 0 Å². The largest absolute Gasteiger partial charge is 0.502 e. The van der Waals surface area contributed by atoms with E-state index in [9.17, 15) is 20.0 Å². The first-order chi connectivity index (χ1) is 13.4. The topological polar surface area (TPSA) is 105 Å². The number of carbonyl (C=O) groups is 1. The van der Waals surface area contributed by atoms with E-state index in [0.717, 1.165) is 27.0 Å². The van der Waals surface area contributed by atoms with Crippen LogP contribution < -0.4 is 5.43 Å². The van der Waals surface area contributed by atoms with Crippen molar-refractivity contribution in [3.05, 3.63) is 78.7 Å². The van der Waals surface area contributed by atoms with E-state index < -0.39 is 16.4 Å². The zero-order valence-corrected chi connectivity index (χ0v) is 17.4. The van der Waals surface area contributed by atoms with Gasteiger partial charge in [-0.15, -0.1) is 0 Å². The van der Waals surface area contributed by atoms with Gasteiger partial charge in [-0.1, -0.05) is 62.2 Å². The molecule has 28 heavy (non-hydrogen) atoms. The molecule has 0 atom stereocenters. The van der Waals surface area contributed by atoms with Crippen LogP contribution in [0, 0.1) is 10.1 Å². The van der Waals surface area contributed by atoms with E-state index >= 15 is 0 Å². The fourth-order valence-corrected chi connectivity index (χ4v) is 3.65. The molecule has 1 amide bonds. The third-order valence-electron chi connectivity index (χ3n) is 3.99. The van der Waals surface area contributed by atoms with Crippen LogP contribution in [-0.2, 0) is 11.2 Å². The summed E-state index contributed by atoms with van der Waals surface area (Å²) < 4.78 is 1.35. The van der Waals surface area contributed by atoms with Crippen LogP contribution in [0.1, 0.15) is 11.1 Å². The number of benzene rings is 3. The number of hydrogen-bond acceptors (Lipinski definition) is 5. The van der Waals surface area contributed by atoms with E-state index in [1.807, 2.05) is 36.4 Å². The van der Waals surface area contributed by atoms with Gasteiger partial charge >= 0.3 is 5.69 Å². The van der Waals surface area contributed by atoms with Gasteiger partial charge < -0.3 is 5.11 Å². The second kappa shape index (κ2) is 8.49. The van der Waals surface area contributed by atoms with Gasteiger partial charge in [0.1, 0.15) is 0 Å². The third-order valence-corrected chi connectivity index (χ3v) is 5.14. The minimum atomic E-state index is -0.700. The lowest BCUT2D eigenvalue weighted by Crippen LogP contribution is -2.20. The summed E-state index contributed by atoms with van der Waals surface area (Å²) in [4.78, 5) is 22.5. The summed E-state index contributed by atoms with van der Waals surface area (Å²) in [7, 11) is 0. The average Bonchev–Trinajstić information content (AvgIpc) is 2.66. The number of aromatic hydroxyl groups is 1. The predicted molar refractivity (Wildman–Crippen MR) is 114 cm³/mol. The first-order valence-corrected chi connectivity index (χ1v) is 9.60. The summed E-state index contributed by atoms with van der Waals surface area (Å²) in [5.74, 6) is -0.877. The second-order valence-electron chi connectivity index (χ2n) is 5.84. The normalized spacial score (nSPS) is 11.1. The molecule has 0 bridgehead atoms. The van der Waals surface area contributed by atoms with E-state index in [-0.39, 0.29) is 17.9 Å². The van der Waals surface area contributed by atoms with E-state index in [1.54, 1.807) is 0 Å². The van der Waals surface area contributed by atoms with Crippen molar-refractivity contribution in [2.45, 2.75) is 6.42 Å². The molecule has 142 valence electrons. The SMILES string of the molecule is O=C(Cc1ccc(Br)c2ccccc12)N/N=C/c1cc(Br)cc([N+](=O)[O-])c1O. The van der Waals surface area contributed by atoms with E-state index in [1.165, 1.54) is 12.1 Å². The molecular weight excluding hydrogens is 494 g/mol. The fraction of sp³-hybridized carbons (Fsp3) is 0.0526. The molecule has 0 heterocycles. The summed E-state index contributed by atoms with van der Waals surface area (Å²) in [6.07, 6.45) is 1.26. The zero-order chi connectivity index (χ0) is 20.3. The number of hydrogen-bond donors (Lipinski definition) is 2. The van der Waals surface area contributed by atoms with Crippen molar-refractivity contribution >= 4 is 60.4 Å². The van der Waals surface area contributed by atoms with Gasteiger partial charge in [0.05, 0.1) is 17.6 Å². The highest BCUT2D eigenvalue weighted by atomic mass is 79.9. The van der Waals surface area contributed by atoms with Crippen LogP contribution in [0.2, 0.25) is 0 Å². The quantitative estimate of drug-likeness (QED) is 0.298. The minimum absolute atomic E-state index is 0.107. The van der Waals surface area contributed by atoms with E-state index in [0.29, 0.717) is 4.47 Å². The summed E-state index contributed by atoms with van der Waals surface area (Å²) in [6, 6.07) is 14.1. The highest BCUT2D eigenvalue weighted by molar-refractivity contribution is 9.11. The van der Waals surface area contributed by atoms with Crippen LogP contribution in [-0.4, -0.2) is 22.2 Å². The molecule has 0 saturated heterocycles. The molecule has 0 saturated carbocycles. The molecule has 0 radical (unpaired) electrons. The number of carbonyl (C=O) groups excluding carboxylic acids is 1. The number of phenolic OH excluding ortho intramolecular Hbond substituents is 1. The summed E-state index contributed by atoms with van der Waals surface area (Å²) in [5.41, 5.74) is 2.87. The second-order valence-corrected chi connectivity index (χ2v) is 7.61. The number of nitrogens with one attached hydrogen (secondary N) is 1. The molecular formula is C19H13Br2N3O4. The number of rotatable bonds is 5.